The molecule has 3 aromatic rings. The highest BCUT2D eigenvalue weighted by molar-refractivity contribution is 7.15. The van der Waals surface area contributed by atoms with Crippen molar-refractivity contribution in [1.29, 1.82) is 0 Å². The van der Waals surface area contributed by atoms with Gasteiger partial charge in [-0.25, -0.2) is 9.78 Å². The highest BCUT2D eigenvalue weighted by atomic mass is 32.1. The largest absolute Gasteiger partial charge is 0.492 e. The summed E-state index contributed by atoms with van der Waals surface area (Å²) in [6.45, 7) is 2.66. The molecule has 5 rings (SSSR count). The molecule has 1 atom stereocenters. The van der Waals surface area contributed by atoms with Crippen LogP contribution in [0.25, 0.3) is 21.8 Å². The summed E-state index contributed by atoms with van der Waals surface area (Å²) in [4.78, 5) is 31.2. The van der Waals surface area contributed by atoms with Crippen molar-refractivity contribution in [3.8, 4) is 27.6 Å². The van der Waals surface area contributed by atoms with E-state index in [1.165, 1.54) is 11.8 Å². The van der Waals surface area contributed by atoms with Gasteiger partial charge in [-0.05, 0) is 12.1 Å². The number of anilines is 1. The summed E-state index contributed by atoms with van der Waals surface area (Å²) < 4.78 is 11.4. The minimum absolute atomic E-state index is 0.151. The van der Waals surface area contributed by atoms with Crippen molar-refractivity contribution >= 4 is 29.0 Å². The SMILES string of the molecule is CC(=O)NCC1CN(c2ccc3c(c2)OCCc2sc(-c4ccccc4)nc2-3)C(=O)O1. The zero-order valence-electron chi connectivity index (χ0n) is 17.0. The van der Waals surface area contributed by atoms with Crippen LogP contribution in [0.4, 0.5) is 10.5 Å². The lowest BCUT2D eigenvalue weighted by Crippen LogP contribution is -2.33. The highest BCUT2D eigenvalue weighted by Crippen LogP contribution is 2.42. The lowest BCUT2D eigenvalue weighted by Gasteiger charge is -2.16. The van der Waals surface area contributed by atoms with Gasteiger partial charge in [0.2, 0.25) is 5.91 Å². The van der Waals surface area contributed by atoms with Crippen LogP contribution in [-0.2, 0) is 16.0 Å². The third-order valence-corrected chi connectivity index (χ3v) is 6.45. The van der Waals surface area contributed by atoms with Gasteiger partial charge in [-0.2, -0.15) is 0 Å². The van der Waals surface area contributed by atoms with Gasteiger partial charge in [0.15, 0.2) is 0 Å². The van der Waals surface area contributed by atoms with Gasteiger partial charge in [-0.1, -0.05) is 30.3 Å². The lowest BCUT2D eigenvalue weighted by molar-refractivity contribution is -0.119. The Morgan fingerprint density at radius 1 is 1.26 bits per heavy atom. The summed E-state index contributed by atoms with van der Waals surface area (Å²) in [5.41, 5.74) is 3.67. The third kappa shape index (κ3) is 3.86. The average Bonchev–Trinajstić information content (AvgIpc) is 3.32. The van der Waals surface area contributed by atoms with Gasteiger partial charge in [0.05, 0.1) is 31.1 Å². The van der Waals surface area contributed by atoms with Crippen LogP contribution in [0, 0.1) is 0 Å². The number of ether oxygens (including phenoxy) is 2. The molecular weight excluding hydrogens is 414 g/mol. The Balaban J connectivity index is 1.43. The number of carbonyl (C=O) groups excluding carboxylic acids is 2. The molecule has 2 amide bonds. The Morgan fingerprint density at radius 3 is 2.90 bits per heavy atom. The van der Waals surface area contributed by atoms with Crippen LogP contribution in [0.3, 0.4) is 0 Å². The molecule has 1 N–H and O–H groups in total. The number of hydrogen-bond acceptors (Lipinski definition) is 6. The summed E-state index contributed by atoms with van der Waals surface area (Å²) in [5.74, 6) is 0.557. The molecule has 1 saturated heterocycles. The van der Waals surface area contributed by atoms with E-state index in [4.69, 9.17) is 14.5 Å². The topological polar surface area (TPSA) is 80.8 Å². The number of rotatable bonds is 4. The number of benzene rings is 2. The molecule has 0 spiro atoms. The van der Waals surface area contributed by atoms with E-state index in [0.29, 0.717) is 31.1 Å². The smallest absolute Gasteiger partial charge is 0.414 e. The maximum atomic E-state index is 12.4. The Labute approximate surface area is 183 Å². The van der Waals surface area contributed by atoms with E-state index in [1.54, 1.807) is 16.2 Å². The Hall–Kier alpha value is -3.39. The number of carbonyl (C=O) groups is 2. The quantitative estimate of drug-likeness (QED) is 0.673. The monoisotopic (exact) mass is 435 g/mol. The van der Waals surface area contributed by atoms with Crippen molar-refractivity contribution in [3.63, 3.8) is 0 Å². The molecule has 0 radical (unpaired) electrons. The number of hydrogen-bond donors (Lipinski definition) is 1. The predicted molar refractivity (Wildman–Crippen MR) is 118 cm³/mol. The first kappa shape index (κ1) is 19.6. The molecule has 1 fully saturated rings. The zero-order chi connectivity index (χ0) is 21.4. The number of nitrogens with zero attached hydrogens (tertiary/aromatic N) is 2. The van der Waals surface area contributed by atoms with Gasteiger partial charge < -0.3 is 14.8 Å². The van der Waals surface area contributed by atoms with E-state index in [9.17, 15) is 9.59 Å². The van der Waals surface area contributed by atoms with E-state index >= 15 is 0 Å². The van der Waals surface area contributed by atoms with Crippen LogP contribution in [0.1, 0.15) is 11.8 Å². The van der Waals surface area contributed by atoms with Crippen LogP contribution >= 0.6 is 11.3 Å². The van der Waals surface area contributed by atoms with Crippen molar-refractivity contribution in [2.75, 3.05) is 24.6 Å². The van der Waals surface area contributed by atoms with E-state index in [0.717, 1.165) is 28.2 Å². The van der Waals surface area contributed by atoms with Crippen molar-refractivity contribution in [2.24, 2.45) is 0 Å². The van der Waals surface area contributed by atoms with Gasteiger partial charge in [0.25, 0.3) is 0 Å². The second kappa shape index (κ2) is 8.03. The number of amides is 2. The van der Waals surface area contributed by atoms with Gasteiger partial charge >= 0.3 is 6.09 Å². The third-order valence-electron chi connectivity index (χ3n) is 5.29. The van der Waals surface area contributed by atoms with E-state index < -0.39 is 6.09 Å². The van der Waals surface area contributed by atoms with Crippen LogP contribution in [-0.4, -0.2) is 42.8 Å². The maximum Gasteiger partial charge on any atom is 0.414 e. The lowest BCUT2D eigenvalue weighted by atomic mass is 10.1. The van der Waals surface area contributed by atoms with Gasteiger partial charge in [-0.3, -0.25) is 9.69 Å². The Bertz CT molecular complexity index is 1140. The first-order valence-corrected chi connectivity index (χ1v) is 10.9. The second-order valence-corrected chi connectivity index (χ2v) is 8.57. The average molecular weight is 436 g/mol. The molecule has 0 bridgehead atoms. The van der Waals surface area contributed by atoms with Gasteiger partial charge in [0.1, 0.15) is 16.9 Å². The fraction of sp³-hybridized carbons (Fsp3) is 0.261. The van der Waals surface area contributed by atoms with Gasteiger partial charge in [0, 0.05) is 35.4 Å². The normalized spacial score (nSPS) is 17.3. The number of thiazole rings is 1. The molecule has 8 heteroatoms. The van der Waals surface area contributed by atoms with Crippen molar-refractivity contribution in [2.45, 2.75) is 19.4 Å². The fourth-order valence-electron chi connectivity index (χ4n) is 3.78. The Kier molecular flexibility index (Phi) is 5.07. The van der Waals surface area contributed by atoms with E-state index in [-0.39, 0.29) is 12.0 Å². The molecule has 7 nitrogen and oxygen atoms in total. The fourth-order valence-corrected chi connectivity index (χ4v) is 4.84. The maximum absolute atomic E-state index is 12.4. The Morgan fingerprint density at radius 2 is 2.10 bits per heavy atom. The summed E-state index contributed by atoms with van der Waals surface area (Å²) in [5, 5.41) is 3.68. The molecule has 2 aliphatic heterocycles. The number of nitrogens with one attached hydrogen (secondary N) is 1. The van der Waals surface area contributed by atoms with Gasteiger partial charge in [-0.15, -0.1) is 11.3 Å². The molecule has 2 aliphatic rings. The zero-order valence-corrected chi connectivity index (χ0v) is 17.8. The molecule has 2 aromatic carbocycles. The molecule has 0 saturated carbocycles. The predicted octanol–water partition coefficient (Wildman–Crippen LogP) is 3.87. The molecule has 0 aliphatic carbocycles. The van der Waals surface area contributed by atoms with Crippen LogP contribution in [0.5, 0.6) is 5.75 Å². The molecule has 158 valence electrons. The summed E-state index contributed by atoms with van der Waals surface area (Å²) >= 11 is 1.69. The standard InChI is InChI=1S/C23H21N3O4S/c1-14(27)24-12-17-13-26(23(28)30-17)16-7-8-18-19(11-16)29-10-9-20-21(18)25-22(31-20)15-5-3-2-4-6-15/h2-8,11,17H,9-10,12-13H2,1H3,(H,24,27). The van der Waals surface area contributed by atoms with Crippen molar-refractivity contribution in [3.05, 3.63) is 53.4 Å². The minimum Gasteiger partial charge on any atom is -0.492 e. The summed E-state index contributed by atoms with van der Waals surface area (Å²) in [6.07, 6.45) is -0.0201. The molecule has 3 heterocycles. The summed E-state index contributed by atoms with van der Waals surface area (Å²) in [7, 11) is 0. The summed E-state index contributed by atoms with van der Waals surface area (Å²) in [6, 6.07) is 15.9. The van der Waals surface area contributed by atoms with Crippen molar-refractivity contribution < 1.29 is 19.1 Å². The molecule has 31 heavy (non-hydrogen) atoms. The number of cyclic esters (lactones) is 1. The number of aromatic nitrogens is 1. The van der Waals surface area contributed by atoms with E-state index in [1.807, 2.05) is 36.4 Å². The van der Waals surface area contributed by atoms with Crippen molar-refractivity contribution in [1.82, 2.24) is 10.3 Å². The van der Waals surface area contributed by atoms with E-state index in [2.05, 4.69) is 17.4 Å². The van der Waals surface area contributed by atoms with Crippen LogP contribution in [0.2, 0.25) is 0 Å². The highest BCUT2D eigenvalue weighted by Gasteiger charge is 2.33. The van der Waals surface area contributed by atoms with Crippen LogP contribution < -0.4 is 15.0 Å². The second-order valence-electron chi connectivity index (χ2n) is 7.49. The first-order valence-electron chi connectivity index (χ1n) is 10.1. The first-order chi connectivity index (χ1) is 15.1. The minimum atomic E-state index is -0.426. The molecule has 1 aromatic heterocycles. The van der Waals surface area contributed by atoms with Crippen LogP contribution in [0.15, 0.2) is 48.5 Å². The molecule has 1 unspecified atom stereocenters. The molecular formula is C23H21N3O4S. The number of fused-ring (bicyclic) bond motifs is 3.